The minimum absolute atomic E-state index is 0.309. The predicted octanol–water partition coefficient (Wildman–Crippen LogP) is 1.40. The standard InChI is InChI=1S/C14H18N2O4/c1-13(2,3)20-12(18)14(15)8-11(17)16-9-6-4-5-7-10(9)19-14/h4-7H,8,15H2,1-3H3,(H,16,17). The summed E-state index contributed by atoms with van der Waals surface area (Å²) in [5.41, 5.74) is 3.89. The van der Waals surface area contributed by atoms with Gasteiger partial charge in [0.15, 0.2) is 0 Å². The first-order chi connectivity index (χ1) is 9.20. The van der Waals surface area contributed by atoms with Crippen LogP contribution < -0.4 is 15.8 Å². The van der Waals surface area contributed by atoms with E-state index in [2.05, 4.69) is 5.32 Å². The summed E-state index contributed by atoms with van der Waals surface area (Å²) in [4.78, 5) is 24.0. The molecular formula is C14H18N2O4. The Labute approximate surface area is 117 Å². The molecule has 1 aromatic rings. The fourth-order valence-corrected chi connectivity index (χ4v) is 1.80. The number of esters is 1. The summed E-state index contributed by atoms with van der Waals surface area (Å²) < 4.78 is 10.8. The van der Waals surface area contributed by atoms with Gasteiger partial charge in [-0.05, 0) is 32.9 Å². The van der Waals surface area contributed by atoms with Crippen LogP contribution in [0.25, 0.3) is 0 Å². The van der Waals surface area contributed by atoms with E-state index in [1.54, 1.807) is 45.0 Å². The molecule has 1 atom stereocenters. The SMILES string of the molecule is CC(C)(C)OC(=O)C1(N)CC(=O)Nc2ccccc2O1. The number of benzene rings is 1. The Morgan fingerprint density at radius 3 is 2.70 bits per heavy atom. The number of fused-ring (bicyclic) bond motifs is 1. The van der Waals surface area contributed by atoms with Crippen molar-refractivity contribution in [2.45, 2.75) is 38.5 Å². The lowest BCUT2D eigenvalue weighted by molar-refractivity contribution is -0.174. The van der Waals surface area contributed by atoms with Gasteiger partial charge in [-0.25, -0.2) is 4.79 Å². The van der Waals surface area contributed by atoms with E-state index in [1.807, 2.05) is 0 Å². The van der Waals surface area contributed by atoms with Crippen molar-refractivity contribution in [1.82, 2.24) is 0 Å². The molecule has 6 heteroatoms. The molecule has 108 valence electrons. The zero-order valence-corrected chi connectivity index (χ0v) is 11.7. The number of para-hydroxylation sites is 2. The summed E-state index contributed by atoms with van der Waals surface area (Å²) in [5, 5.41) is 2.64. The summed E-state index contributed by atoms with van der Waals surface area (Å²) in [7, 11) is 0. The molecule has 0 fully saturated rings. The molecule has 0 spiro atoms. The number of hydrogen-bond acceptors (Lipinski definition) is 5. The molecule has 3 N–H and O–H groups in total. The quantitative estimate of drug-likeness (QED) is 0.758. The van der Waals surface area contributed by atoms with Crippen molar-refractivity contribution in [3.63, 3.8) is 0 Å². The molecule has 1 aromatic carbocycles. The van der Waals surface area contributed by atoms with Crippen LogP contribution in [0, 0.1) is 0 Å². The Kier molecular flexibility index (Phi) is 3.43. The minimum Gasteiger partial charge on any atom is -0.459 e. The Bertz CT molecular complexity index is 550. The van der Waals surface area contributed by atoms with E-state index in [0.29, 0.717) is 11.4 Å². The lowest BCUT2D eigenvalue weighted by atomic mass is 10.1. The smallest absolute Gasteiger partial charge is 0.367 e. The number of rotatable bonds is 1. The van der Waals surface area contributed by atoms with Crippen molar-refractivity contribution in [3.05, 3.63) is 24.3 Å². The fourth-order valence-electron chi connectivity index (χ4n) is 1.80. The van der Waals surface area contributed by atoms with Gasteiger partial charge in [0.2, 0.25) is 5.91 Å². The van der Waals surface area contributed by atoms with Gasteiger partial charge in [-0.15, -0.1) is 0 Å². The number of hydrogen-bond donors (Lipinski definition) is 2. The summed E-state index contributed by atoms with van der Waals surface area (Å²) in [6.45, 7) is 5.16. The molecular weight excluding hydrogens is 260 g/mol. The Morgan fingerprint density at radius 2 is 2.05 bits per heavy atom. The van der Waals surface area contributed by atoms with E-state index < -0.39 is 23.2 Å². The largest absolute Gasteiger partial charge is 0.459 e. The van der Waals surface area contributed by atoms with E-state index in [1.165, 1.54) is 0 Å². The predicted molar refractivity (Wildman–Crippen MR) is 73.1 cm³/mol. The van der Waals surface area contributed by atoms with Crippen molar-refractivity contribution in [2.24, 2.45) is 5.73 Å². The van der Waals surface area contributed by atoms with E-state index in [0.717, 1.165) is 0 Å². The third-order valence-electron chi connectivity index (χ3n) is 2.62. The number of amides is 1. The highest BCUT2D eigenvalue weighted by Crippen LogP contribution is 2.31. The van der Waals surface area contributed by atoms with Crippen molar-refractivity contribution in [1.29, 1.82) is 0 Å². The van der Waals surface area contributed by atoms with Crippen molar-refractivity contribution in [2.75, 3.05) is 5.32 Å². The average Bonchev–Trinajstić information content (AvgIpc) is 2.41. The second kappa shape index (κ2) is 4.79. The molecule has 2 rings (SSSR count). The Morgan fingerprint density at radius 1 is 1.40 bits per heavy atom. The Hall–Kier alpha value is -2.08. The van der Waals surface area contributed by atoms with Gasteiger partial charge < -0.3 is 14.8 Å². The van der Waals surface area contributed by atoms with E-state index >= 15 is 0 Å². The molecule has 1 heterocycles. The maximum atomic E-state index is 12.2. The van der Waals surface area contributed by atoms with Gasteiger partial charge >= 0.3 is 5.97 Å². The minimum atomic E-state index is -1.83. The molecule has 0 aromatic heterocycles. The van der Waals surface area contributed by atoms with Crippen LogP contribution in [0.4, 0.5) is 5.69 Å². The molecule has 0 saturated carbocycles. The van der Waals surface area contributed by atoms with Crippen LogP contribution in [0.3, 0.4) is 0 Å². The van der Waals surface area contributed by atoms with E-state index in [9.17, 15) is 9.59 Å². The summed E-state index contributed by atoms with van der Waals surface area (Å²) in [6.07, 6.45) is -0.309. The van der Waals surface area contributed by atoms with Gasteiger partial charge in [0.05, 0.1) is 12.1 Å². The lowest BCUT2D eigenvalue weighted by Crippen LogP contribution is -2.56. The highest BCUT2D eigenvalue weighted by Gasteiger charge is 2.44. The van der Waals surface area contributed by atoms with E-state index in [-0.39, 0.29) is 6.42 Å². The van der Waals surface area contributed by atoms with Crippen LogP contribution in [-0.2, 0) is 14.3 Å². The third kappa shape index (κ3) is 3.08. The fraction of sp³-hybridized carbons (Fsp3) is 0.429. The first-order valence-electron chi connectivity index (χ1n) is 6.30. The molecule has 0 aliphatic carbocycles. The van der Waals surface area contributed by atoms with Crippen LogP contribution in [0.5, 0.6) is 5.75 Å². The van der Waals surface area contributed by atoms with E-state index in [4.69, 9.17) is 15.2 Å². The molecule has 1 amide bonds. The van der Waals surface area contributed by atoms with Gasteiger partial charge in [-0.3, -0.25) is 10.5 Å². The van der Waals surface area contributed by atoms with Crippen molar-refractivity contribution in [3.8, 4) is 5.75 Å². The summed E-state index contributed by atoms with van der Waals surface area (Å²) in [5.74, 6) is -0.827. The number of carbonyl (C=O) groups is 2. The van der Waals surface area contributed by atoms with Crippen molar-refractivity contribution >= 4 is 17.6 Å². The van der Waals surface area contributed by atoms with Gasteiger partial charge in [0.25, 0.3) is 5.72 Å². The summed E-state index contributed by atoms with van der Waals surface area (Å²) in [6, 6.07) is 6.78. The molecule has 1 unspecified atom stereocenters. The van der Waals surface area contributed by atoms with Crippen LogP contribution >= 0.6 is 0 Å². The lowest BCUT2D eigenvalue weighted by Gasteiger charge is -2.29. The molecule has 1 aliphatic rings. The molecule has 0 radical (unpaired) electrons. The first kappa shape index (κ1) is 14.3. The topological polar surface area (TPSA) is 90.7 Å². The van der Waals surface area contributed by atoms with Crippen LogP contribution in [0.1, 0.15) is 27.2 Å². The number of nitrogens with one attached hydrogen (secondary N) is 1. The molecule has 0 bridgehead atoms. The highest BCUT2D eigenvalue weighted by molar-refractivity contribution is 5.98. The second-order valence-corrected chi connectivity index (χ2v) is 5.71. The maximum Gasteiger partial charge on any atom is 0.367 e. The third-order valence-corrected chi connectivity index (χ3v) is 2.62. The highest BCUT2D eigenvalue weighted by atomic mass is 16.6. The number of ether oxygens (including phenoxy) is 2. The zero-order chi connectivity index (χ0) is 15.0. The van der Waals surface area contributed by atoms with Gasteiger partial charge in [0, 0.05) is 0 Å². The molecule has 20 heavy (non-hydrogen) atoms. The number of anilines is 1. The zero-order valence-electron chi connectivity index (χ0n) is 11.7. The second-order valence-electron chi connectivity index (χ2n) is 5.71. The Balaban J connectivity index is 2.32. The van der Waals surface area contributed by atoms with Crippen LogP contribution in [0.15, 0.2) is 24.3 Å². The average molecular weight is 278 g/mol. The molecule has 6 nitrogen and oxygen atoms in total. The number of carbonyl (C=O) groups excluding carboxylic acids is 2. The monoisotopic (exact) mass is 278 g/mol. The van der Waals surface area contributed by atoms with Crippen LogP contribution in [-0.4, -0.2) is 23.2 Å². The van der Waals surface area contributed by atoms with Gasteiger partial charge in [-0.1, -0.05) is 12.1 Å². The summed E-state index contributed by atoms with van der Waals surface area (Å²) >= 11 is 0. The maximum absolute atomic E-state index is 12.2. The number of nitrogens with two attached hydrogens (primary N) is 1. The normalized spacial score (nSPS) is 22.1. The molecule has 1 aliphatic heterocycles. The first-order valence-corrected chi connectivity index (χ1v) is 6.30. The van der Waals surface area contributed by atoms with Gasteiger partial charge in [0.1, 0.15) is 11.4 Å². The van der Waals surface area contributed by atoms with Gasteiger partial charge in [-0.2, -0.15) is 0 Å². The van der Waals surface area contributed by atoms with Crippen LogP contribution in [0.2, 0.25) is 0 Å². The van der Waals surface area contributed by atoms with Crippen molar-refractivity contribution < 1.29 is 19.1 Å². The molecule has 0 saturated heterocycles.